The third-order valence-electron chi connectivity index (χ3n) is 1.50. The minimum Gasteiger partial charge on any atom is -0.364 e. The largest absolute Gasteiger partial charge is 0.364 e. The third-order valence-corrected chi connectivity index (χ3v) is 2.65. The number of nitrogens with two attached hydrogens (primary N) is 1. The summed E-state index contributed by atoms with van der Waals surface area (Å²) in [6.45, 7) is 0. The van der Waals surface area contributed by atoms with Crippen LogP contribution in [0.1, 0.15) is 10.5 Å². The lowest BCUT2D eigenvalue weighted by Crippen LogP contribution is -2.12. The second-order valence-electron chi connectivity index (χ2n) is 2.46. The average molecular weight is 229 g/mol. The molecule has 0 spiro atoms. The number of carbonyl (C=O) groups excluding carboxylic acids is 1. The van der Waals surface area contributed by atoms with Crippen molar-refractivity contribution >= 4 is 28.8 Å². The zero-order valence-corrected chi connectivity index (χ0v) is 8.42. The van der Waals surface area contributed by atoms with Gasteiger partial charge in [-0.05, 0) is 6.07 Å². The van der Waals surface area contributed by atoms with Gasteiger partial charge in [-0.2, -0.15) is 5.10 Å². The van der Waals surface area contributed by atoms with Gasteiger partial charge in [-0.1, -0.05) is 11.6 Å². The van der Waals surface area contributed by atoms with Crippen LogP contribution in [0.3, 0.4) is 0 Å². The molecule has 0 atom stereocenters. The van der Waals surface area contributed by atoms with Crippen molar-refractivity contribution in [3.63, 3.8) is 0 Å². The topological polar surface area (TPSA) is 73.8 Å². The van der Waals surface area contributed by atoms with Crippen LogP contribution in [0.15, 0.2) is 17.6 Å². The highest BCUT2D eigenvalue weighted by atomic mass is 35.5. The summed E-state index contributed by atoms with van der Waals surface area (Å²) in [5.41, 5.74) is 5.26. The Bertz CT molecular complexity index is 477. The summed E-state index contributed by atoms with van der Waals surface area (Å²) < 4.78 is 1.46. The van der Waals surface area contributed by atoms with Crippen molar-refractivity contribution < 1.29 is 4.79 Å². The van der Waals surface area contributed by atoms with E-state index in [9.17, 15) is 4.79 Å². The number of rotatable bonds is 2. The Morgan fingerprint density at radius 1 is 1.64 bits per heavy atom. The van der Waals surface area contributed by atoms with E-state index in [2.05, 4.69) is 10.1 Å². The normalized spacial score (nSPS) is 10.4. The van der Waals surface area contributed by atoms with Crippen molar-refractivity contribution in [2.75, 3.05) is 0 Å². The Balaban J connectivity index is 2.38. The summed E-state index contributed by atoms with van der Waals surface area (Å²) in [6.07, 6.45) is 1.61. The van der Waals surface area contributed by atoms with Crippen LogP contribution < -0.4 is 5.73 Å². The van der Waals surface area contributed by atoms with Crippen molar-refractivity contribution in [3.05, 3.63) is 28.5 Å². The number of hydrogen-bond donors (Lipinski definition) is 1. The van der Waals surface area contributed by atoms with Gasteiger partial charge in [0.15, 0.2) is 0 Å². The fourth-order valence-corrected chi connectivity index (χ4v) is 1.79. The van der Waals surface area contributed by atoms with Crippen molar-refractivity contribution in [1.82, 2.24) is 14.8 Å². The van der Waals surface area contributed by atoms with E-state index < -0.39 is 5.91 Å². The summed E-state index contributed by atoms with van der Waals surface area (Å²) in [5, 5.41) is 6.61. The molecule has 0 saturated heterocycles. The molecule has 5 nitrogen and oxygen atoms in total. The molecule has 2 N–H and O–H groups in total. The van der Waals surface area contributed by atoms with E-state index in [-0.39, 0.29) is 5.69 Å². The minimum atomic E-state index is -0.564. The van der Waals surface area contributed by atoms with Gasteiger partial charge in [-0.15, -0.1) is 11.3 Å². The molecule has 0 aliphatic carbocycles. The maximum atomic E-state index is 10.8. The molecule has 0 saturated carbocycles. The van der Waals surface area contributed by atoms with E-state index in [1.807, 2.05) is 0 Å². The maximum Gasteiger partial charge on any atom is 0.269 e. The molecular weight excluding hydrogens is 224 g/mol. The van der Waals surface area contributed by atoms with Gasteiger partial charge in [-0.3, -0.25) is 4.79 Å². The number of halogens is 1. The van der Waals surface area contributed by atoms with Crippen LogP contribution >= 0.6 is 22.9 Å². The molecule has 14 heavy (non-hydrogen) atoms. The van der Waals surface area contributed by atoms with Crippen LogP contribution in [0.25, 0.3) is 5.13 Å². The van der Waals surface area contributed by atoms with Crippen LogP contribution in [0, 0.1) is 0 Å². The Morgan fingerprint density at radius 2 is 2.43 bits per heavy atom. The van der Waals surface area contributed by atoms with E-state index in [4.69, 9.17) is 17.3 Å². The van der Waals surface area contributed by atoms with Crippen LogP contribution in [-0.2, 0) is 0 Å². The summed E-state index contributed by atoms with van der Waals surface area (Å²) in [5.74, 6) is -0.564. The fraction of sp³-hybridized carbons (Fsp3) is 0. The van der Waals surface area contributed by atoms with Crippen LogP contribution in [0.5, 0.6) is 0 Å². The molecule has 0 aliphatic rings. The van der Waals surface area contributed by atoms with Gasteiger partial charge in [0.05, 0.1) is 0 Å². The molecular formula is C7H5ClN4OS. The van der Waals surface area contributed by atoms with Crippen molar-refractivity contribution in [1.29, 1.82) is 0 Å². The van der Waals surface area contributed by atoms with Crippen molar-refractivity contribution in [3.8, 4) is 5.13 Å². The summed E-state index contributed by atoms with van der Waals surface area (Å²) in [6, 6.07) is 1.53. The predicted molar refractivity (Wildman–Crippen MR) is 52.8 cm³/mol. The first-order chi connectivity index (χ1) is 6.66. The van der Waals surface area contributed by atoms with E-state index >= 15 is 0 Å². The fourth-order valence-electron chi connectivity index (χ4n) is 0.913. The zero-order chi connectivity index (χ0) is 10.1. The monoisotopic (exact) mass is 228 g/mol. The van der Waals surface area contributed by atoms with Crippen molar-refractivity contribution in [2.24, 2.45) is 5.73 Å². The van der Waals surface area contributed by atoms with Gasteiger partial charge in [0.25, 0.3) is 5.91 Å². The number of thiazole rings is 1. The molecule has 0 radical (unpaired) electrons. The second-order valence-corrected chi connectivity index (χ2v) is 3.69. The standard InChI is InChI=1S/C7H5ClN4OS/c8-5-3-14-7(10-5)12-2-1-4(11-12)6(9)13/h1-3H,(H2,9,13). The number of nitrogens with zero attached hydrogens (tertiary/aromatic N) is 3. The first-order valence-corrected chi connectivity index (χ1v) is 4.89. The SMILES string of the molecule is NC(=O)c1ccn(-c2nc(Cl)cs2)n1. The molecule has 72 valence electrons. The number of carbonyl (C=O) groups is 1. The number of amides is 1. The molecule has 2 heterocycles. The molecule has 7 heteroatoms. The highest BCUT2D eigenvalue weighted by molar-refractivity contribution is 7.12. The molecule has 2 aromatic heterocycles. The van der Waals surface area contributed by atoms with Gasteiger partial charge in [-0.25, -0.2) is 9.67 Å². The Hall–Kier alpha value is -1.40. The lowest BCUT2D eigenvalue weighted by Gasteiger charge is -1.91. The summed E-state index contributed by atoms with van der Waals surface area (Å²) >= 11 is 6.98. The highest BCUT2D eigenvalue weighted by Crippen LogP contribution is 2.17. The average Bonchev–Trinajstić information content (AvgIpc) is 2.70. The number of aromatic nitrogens is 3. The maximum absolute atomic E-state index is 10.8. The van der Waals surface area contributed by atoms with E-state index in [0.29, 0.717) is 10.3 Å². The Labute approximate surface area is 88.1 Å². The van der Waals surface area contributed by atoms with Crippen LogP contribution in [0.2, 0.25) is 5.15 Å². The smallest absolute Gasteiger partial charge is 0.269 e. The Kier molecular flexibility index (Phi) is 2.22. The van der Waals surface area contributed by atoms with Crippen molar-refractivity contribution in [2.45, 2.75) is 0 Å². The predicted octanol–water partition coefficient (Wildman–Crippen LogP) is 1.08. The first-order valence-electron chi connectivity index (χ1n) is 3.63. The molecule has 2 rings (SSSR count). The molecule has 0 fully saturated rings. The lowest BCUT2D eigenvalue weighted by molar-refractivity contribution is 0.0995. The van der Waals surface area contributed by atoms with Crippen LogP contribution in [-0.4, -0.2) is 20.7 Å². The highest BCUT2D eigenvalue weighted by Gasteiger charge is 2.07. The summed E-state index contributed by atoms with van der Waals surface area (Å²) in [7, 11) is 0. The number of hydrogen-bond acceptors (Lipinski definition) is 4. The zero-order valence-electron chi connectivity index (χ0n) is 6.85. The minimum absolute atomic E-state index is 0.205. The van der Waals surface area contributed by atoms with E-state index in [1.165, 1.54) is 22.1 Å². The quantitative estimate of drug-likeness (QED) is 0.836. The van der Waals surface area contributed by atoms with Gasteiger partial charge in [0.1, 0.15) is 10.8 Å². The second kappa shape index (κ2) is 3.39. The molecule has 0 unspecified atom stereocenters. The lowest BCUT2D eigenvalue weighted by atomic mass is 10.4. The molecule has 2 aromatic rings. The molecule has 0 aliphatic heterocycles. The molecule has 1 amide bonds. The van der Waals surface area contributed by atoms with Gasteiger partial charge in [0.2, 0.25) is 5.13 Å². The van der Waals surface area contributed by atoms with Crippen LogP contribution in [0.4, 0.5) is 0 Å². The van der Waals surface area contributed by atoms with Gasteiger partial charge < -0.3 is 5.73 Å². The Morgan fingerprint density at radius 3 is 2.93 bits per heavy atom. The summed E-state index contributed by atoms with van der Waals surface area (Å²) in [4.78, 5) is 14.7. The first kappa shape index (κ1) is 9.17. The van der Waals surface area contributed by atoms with Gasteiger partial charge >= 0.3 is 0 Å². The van der Waals surface area contributed by atoms with E-state index in [1.54, 1.807) is 11.6 Å². The number of primary amides is 1. The van der Waals surface area contributed by atoms with E-state index in [0.717, 1.165) is 0 Å². The van der Waals surface area contributed by atoms with Gasteiger partial charge in [0, 0.05) is 11.6 Å². The third kappa shape index (κ3) is 1.61. The molecule has 0 aromatic carbocycles. The molecule has 0 bridgehead atoms.